The average molecular weight is 309 g/mol. The molecule has 0 bridgehead atoms. The molecule has 0 heterocycles. The quantitative estimate of drug-likeness (QED) is 0.889. The van der Waals surface area contributed by atoms with Crippen LogP contribution in [0.4, 0.5) is 4.39 Å². The van der Waals surface area contributed by atoms with Crippen molar-refractivity contribution in [2.75, 3.05) is 6.54 Å². The van der Waals surface area contributed by atoms with E-state index in [-0.39, 0.29) is 17.0 Å². The standard InChI is InChI=1S/C15H16FNO3S/c1-11-6-8-12(9-7-11)21(19,20)17-10-15(18)13-4-2-3-5-14(13)16/h2-9,15,17-18H,10H2,1H3. The Hall–Kier alpha value is -1.76. The molecule has 0 aliphatic rings. The van der Waals surface area contributed by atoms with Crippen LogP contribution < -0.4 is 4.72 Å². The normalized spacial score (nSPS) is 13.1. The number of aliphatic hydroxyl groups is 1. The fraction of sp³-hybridized carbons (Fsp3) is 0.200. The predicted molar refractivity (Wildman–Crippen MR) is 77.7 cm³/mol. The monoisotopic (exact) mass is 309 g/mol. The molecule has 2 N–H and O–H groups in total. The van der Waals surface area contributed by atoms with Crippen LogP contribution in [0.2, 0.25) is 0 Å². The highest BCUT2D eigenvalue weighted by Gasteiger charge is 2.18. The Morgan fingerprint density at radius 1 is 1.14 bits per heavy atom. The molecule has 2 rings (SSSR count). The number of hydrogen-bond donors (Lipinski definition) is 2. The van der Waals surface area contributed by atoms with Crippen molar-refractivity contribution >= 4 is 10.0 Å². The number of benzene rings is 2. The van der Waals surface area contributed by atoms with Crippen molar-refractivity contribution in [3.05, 3.63) is 65.5 Å². The summed E-state index contributed by atoms with van der Waals surface area (Å²) in [6, 6.07) is 12.0. The summed E-state index contributed by atoms with van der Waals surface area (Å²) in [5, 5.41) is 9.89. The minimum Gasteiger partial charge on any atom is -0.387 e. The van der Waals surface area contributed by atoms with E-state index >= 15 is 0 Å². The van der Waals surface area contributed by atoms with Crippen molar-refractivity contribution in [3.63, 3.8) is 0 Å². The van der Waals surface area contributed by atoms with Crippen molar-refractivity contribution < 1.29 is 17.9 Å². The third-order valence-corrected chi connectivity index (χ3v) is 4.50. The summed E-state index contributed by atoms with van der Waals surface area (Å²) in [6.07, 6.45) is -1.24. The number of aliphatic hydroxyl groups excluding tert-OH is 1. The van der Waals surface area contributed by atoms with Gasteiger partial charge in [-0.3, -0.25) is 0 Å². The van der Waals surface area contributed by atoms with Crippen molar-refractivity contribution in [2.45, 2.75) is 17.9 Å². The Morgan fingerprint density at radius 3 is 2.38 bits per heavy atom. The molecule has 6 heteroatoms. The Morgan fingerprint density at radius 2 is 1.76 bits per heavy atom. The predicted octanol–water partition coefficient (Wildman–Crippen LogP) is 2.15. The van der Waals surface area contributed by atoms with Gasteiger partial charge in [0.25, 0.3) is 0 Å². The molecule has 4 nitrogen and oxygen atoms in total. The zero-order valence-corrected chi connectivity index (χ0v) is 12.3. The topological polar surface area (TPSA) is 66.4 Å². The van der Waals surface area contributed by atoms with Gasteiger partial charge in [-0.1, -0.05) is 35.9 Å². The Balaban J connectivity index is 2.08. The maximum atomic E-state index is 13.5. The SMILES string of the molecule is Cc1ccc(S(=O)(=O)NCC(O)c2ccccc2F)cc1. The number of sulfonamides is 1. The molecule has 0 aliphatic carbocycles. The number of nitrogens with one attached hydrogen (secondary N) is 1. The zero-order valence-electron chi connectivity index (χ0n) is 11.5. The van der Waals surface area contributed by atoms with Crippen LogP contribution >= 0.6 is 0 Å². The van der Waals surface area contributed by atoms with E-state index in [4.69, 9.17) is 0 Å². The highest BCUT2D eigenvalue weighted by molar-refractivity contribution is 7.89. The lowest BCUT2D eigenvalue weighted by Gasteiger charge is -2.13. The molecule has 0 fully saturated rings. The van der Waals surface area contributed by atoms with Gasteiger partial charge < -0.3 is 5.11 Å². The highest BCUT2D eigenvalue weighted by atomic mass is 32.2. The van der Waals surface area contributed by atoms with E-state index in [1.54, 1.807) is 18.2 Å². The summed E-state index contributed by atoms with van der Waals surface area (Å²) >= 11 is 0. The number of rotatable bonds is 5. The lowest BCUT2D eigenvalue weighted by molar-refractivity contribution is 0.177. The lowest BCUT2D eigenvalue weighted by Crippen LogP contribution is -2.28. The van der Waals surface area contributed by atoms with Crippen LogP contribution in [0.5, 0.6) is 0 Å². The molecular weight excluding hydrogens is 293 g/mol. The second-order valence-corrected chi connectivity index (χ2v) is 6.47. The van der Waals surface area contributed by atoms with Crippen LogP contribution in [0.25, 0.3) is 0 Å². The molecule has 0 aromatic heterocycles. The van der Waals surface area contributed by atoms with E-state index in [9.17, 15) is 17.9 Å². The molecule has 0 spiro atoms. The molecular formula is C15H16FNO3S. The van der Waals surface area contributed by atoms with Crippen molar-refractivity contribution in [3.8, 4) is 0 Å². The third-order valence-electron chi connectivity index (χ3n) is 3.06. The fourth-order valence-electron chi connectivity index (χ4n) is 1.84. The van der Waals surface area contributed by atoms with Crippen LogP contribution in [0.3, 0.4) is 0 Å². The van der Waals surface area contributed by atoms with Crippen molar-refractivity contribution in [1.82, 2.24) is 4.72 Å². The van der Waals surface area contributed by atoms with Crippen LogP contribution in [-0.4, -0.2) is 20.1 Å². The molecule has 21 heavy (non-hydrogen) atoms. The molecule has 0 aliphatic heterocycles. The fourth-order valence-corrected chi connectivity index (χ4v) is 2.88. The van der Waals surface area contributed by atoms with E-state index in [1.807, 2.05) is 6.92 Å². The summed E-state index contributed by atoms with van der Waals surface area (Å²) in [4.78, 5) is 0.105. The van der Waals surface area contributed by atoms with Gasteiger partial charge in [0.2, 0.25) is 10.0 Å². The van der Waals surface area contributed by atoms with Gasteiger partial charge in [-0.05, 0) is 25.1 Å². The Kier molecular flexibility index (Phi) is 4.72. The summed E-state index contributed by atoms with van der Waals surface area (Å²) in [5.41, 5.74) is 1.00. The van der Waals surface area contributed by atoms with Gasteiger partial charge in [0.15, 0.2) is 0 Å². The Bertz CT molecular complexity index is 714. The Labute approximate surface area is 123 Å². The second kappa shape index (κ2) is 6.34. The smallest absolute Gasteiger partial charge is 0.240 e. The summed E-state index contributed by atoms with van der Waals surface area (Å²) in [5.74, 6) is -0.570. The molecule has 0 radical (unpaired) electrons. The minimum atomic E-state index is -3.73. The second-order valence-electron chi connectivity index (χ2n) is 4.70. The largest absolute Gasteiger partial charge is 0.387 e. The van der Waals surface area contributed by atoms with E-state index in [0.717, 1.165) is 5.56 Å². The van der Waals surface area contributed by atoms with E-state index in [2.05, 4.69) is 4.72 Å². The summed E-state index contributed by atoms with van der Waals surface area (Å²) in [6.45, 7) is 1.56. The number of aryl methyl sites for hydroxylation is 1. The summed E-state index contributed by atoms with van der Waals surface area (Å²) in [7, 11) is -3.73. The van der Waals surface area contributed by atoms with Gasteiger partial charge in [-0.25, -0.2) is 17.5 Å². The maximum Gasteiger partial charge on any atom is 0.240 e. The first-order chi connectivity index (χ1) is 9.90. The molecule has 2 aromatic carbocycles. The van der Waals surface area contributed by atoms with Crippen LogP contribution in [-0.2, 0) is 10.0 Å². The zero-order chi connectivity index (χ0) is 15.5. The van der Waals surface area contributed by atoms with Gasteiger partial charge in [0.1, 0.15) is 5.82 Å². The van der Waals surface area contributed by atoms with Gasteiger partial charge in [-0.15, -0.1) is 0 Å². The van der Waals surface area contributed by atoms with Gasteiger partial charge in [-0.2, -0.15) is 0 Å². The molecule has 0 saturated carbocycles. The maximum absolute atomic E-state index is 13.5. The van der Waals surface area contributed by atoms with Crippen LogP contribution in [0, 0.1) is 12.7 Å². The van der Waals surface area contributed by atoms with Gasteiger partial charge in [0, 0.05) is 12.1 Å². The molecule has 0 amide bonds. The van der Waals surface area contributed by atoms with Gasteiger partial charge >= 0.3 is 0 Å². The summed E-state index contributed by atoms with van der Waals surface area (Å²) < 4.78 is 39.9. The minimum absolute atomic E-state index is 0.0594. The molecule has 0 saturated heterocycles. The van der Waals surface area contributed by atoms with Crippen molar-refractivity contribution in [2.24, 2.45) is 0 Å². The van der Waals surface area contributed by atoms with Crippen molar-refractivity contribution in [1.29, 1.82) is 0 Å². The first-order valence-electron chi connectivity index (χ1n) is 6.39. The van der Waals surface area contributed by atoms with Gasteiger partial charge in [0.05, 0.1) is 11.0 Å². The third kappa shape index (κ3) is 3.87. The van der Waals surface area contributed by atoms with E-state index in [0.29, 0.717) is 0 Å². The molecule has 112 valence electrons. The average Bonchev–Trinajstić information content (AvgIpc) is 2.46. The number of hydrogen-bond acceptors (Lipinski definition) is 3. The first kappa shape index (κ1) is 15.6. The molecule has 2 aromatic rings. The van der Waals surface area contributed by atoms with E-state index < -0.39 is 21.9 Å². The highest BCUT2D eigenvalue weighted by Crippen LogP contribution is 2.17. The van der Waals surface area contributed by atoms with Crippen LogP contribution in [0.15, 0.2) is 53.4 Å². The van der Waals surface area contributed by atoms with E-state index in [1.165, 1.54) is 30.3 Å². The molecule has 1 unspecified atom stereocenters. The number of halogens is 1. The lowest BCUT2D eigenvalue weighted by atomic mass is 10.1. The molecule has 1 atom stereocenters. The van der Waals surface area contributed by atoms with Crippen LogP contribution in [0.1, 0.15) is 17.2 Å². The first-order valence-corrected chi connectivity index (χ1v) is 7.87.